The minimum atomic E-state index is 0.597. The first-order chi connectivity index (χ1) is 9.33. The predicted octanol–water partition coefficient (Wildman–Crippen LogP) is 4.33. The summed E-state index contributed by atoms with van der Waals surface area (Å²) in [7, 11) is 0. The Labute approximate surface area is 115 Å². The van der Waals surface area contributed by atoms with Crippen molar-refractivity contribution in [3.05, 3.63) is 71.3 Å². The lowest BCUT2D eigenvalue weighted by molar-refractivity contribution is 0.248. The predicted molar refractivity (Wildman–Crippen MR) is 80.0 cm³/mol. The summed E-state index contributed by atoms with van der Waals surface area (Å²) >= 11 is 0. The van der Waals surface area contributed by atoms with Gasteiger partial charge in [0.05, 0.1) is 0 Å². The van der Waals surface area contributed by atoms with E-state index in [1.807, 2.05) is 0 Å². The Morgan fingerprint density at radius 2 is 1.89 bits per heavy atom. The summed E-state index contributed by atoms with van der Waals surface area (Å²) in [6.45, 7) is 4.47. The third-order valence-corrected chi connectivity index (χ3v) is 4.02. The summed E-state index contributed by atoms with van der Waals surface area (Å²) in [5, 5.41) is 0. The molecule has 1 aliphatic heterocycles. The van der Waals surface area contributed by atoms with Gasteiger partial charge in [-0.25, -0.2) is 0 Å². The van der Waals surface area contributed by atoms with Crippen LogP contribution < -0.4 is 0 Å². The molecule has 1 saturated heterocycles. The molecule has 1 atom stereocenters. The summed E-state index contributed by atoms with van der Waals surface area (Å²) in [6, 6.07) is 20.4. The van der Waals surface area contributed by atoms with Gasteiger partial charge in [-0.3, -0.25) is 4.90 Å². The second-order valence-corrected chi connectivity index (χ2v) is 5.53. The fourth-order valence-electron chi connectivity index (χ4n) is 3.09. The largest absolute Gasteiger partial charge is 0.292 e. The van der Waals surface area contributed by atoms with Crippen LogP contribution in [0.3, 0.4) is 0 Å². The lowest BCUT2D eigenvalue weighted by Gasteiger charge is -2.25. The number of nitrogens with zero attached hydrogens (tertiary/aromatic N) is 1. The van der Waals surface area contributed by atoms with Gasteiger partial charge < -0.3 is 0 Å². The van der Waals surface area contributed by atoms with Crippen molar-refractivity contribution in [2.24, 2.45) is 0 Å². The van der Waals surface area contributed by atoms with Gasteiger partial charge in [0, 0.05) is 12.6 Å². The van der Waals surface area contributed by atoms with Crippen LogP contribution in [0.4, 0.5) is 0 Å². The maximum atomic E-state index is 2.62. The molecular weight excluding hydrogens is 230 g/mol. The fraction of sp³-hybridized carbons (Fsp3) is 0.333. The average Bonchev–Trinajstić information content (AvgIpc) is 2.88. The van der Waals surface area contributed by atoms with Crippen LogP contribution in [0.2, 0.25) is 0 Å². The number of aryl methyl sites for hydroxylation is 1. The molecule has 2 aromatic carbocycles. The Balaban J connectivity index is 1.78. The summed E-state index contributed by atoms with van der Waals surface area (Å²) in [6.07, 6.45) is 2.60. The molecule has 0 aliphatic carbocycles. The van der Waals surface area contributed by atoms with E-state index in [0.29, 0.717) is 6.04 Å². The van der Waals surface area contributed by atoms with Crippen LogP contribution in [-0.2, 0) is 6.54 Å². The van der Waals surface area contributed by atoms with Crippen LogP contribution in [0.1, 0.15) is 35.6 Å². The van der Waals surface area contributed by atoms with Gasteiger partial charge in [0.2, 0.25) is 0 Å². The van der Waals surface area contributed by atoms with E-state index < -0.39 is 0 Å². The van der Waals surface area contributed by atoms with E-state index in [9.17, 15) is 0 Å². The monoisotopic (exact) mass is 251 g/mol. The highest BCUT2D eigenvalue weighted by Gasteiger charge is 2.25. The zero-order valence-corrected chi connectivity index (χ0v) is 11.5. The van der Waals surface area contributed by atoms with E-state index in [1.54, 1.807) is 0 Å². The van der Waals surface area contributed by atoms with Crippen LogP contribution in [0.5, 0.6) is 0 Å². The Hall–Kier alpha value is -1.60. The zero-order chi connectivity index (χ0) is 13.1. The van der Waals surface area contributed by atoms with Gasteiger partial charge in [0.25, 0.3) is 0 Å². The number of rotatable bonds is 3. The summed E-state index contributed by atoms with van der Waals surface area (Å²) in [5.41, 5.74) is 4.26. The summed E-state index contributed by atoms with van der Waals surface area (Å²) in [5.74, 6) is 0. The number of hydrogen-bond donors (Lipinski definition) is 0. The molecule has 0 N–H and O–H groups in total. The van der Waals surface area contributed by atoms with Crippen molar-refractivity contribution in [1.82, 2.24) is 4.90 Å². The number of likely N-dealkylation sites (tertiary alicyclic amines) is 1. The first kappa shape index (κ1) is 12.4. The molecule has 19 heavy (non-hydrogen) atoms. The molecule has 1 nitrogen and oxygen atoms in total. The lowest BCUT2D eigenvalue weighted by Crippen LogP contribution is -2.22. The molecule has 0 radical (unpaired) electrons. The van der Waals surface area contributed by atoms with E-state index in [2.05, 4.69) is 66.4 Å². The van der Waals surface area contributed by atoms with E-state index in [-0.39, 0.29) is 0 Å². The molecule has 0 saturated carbocycles. The molecule has 1 fully saturated rings. The van der Waals surface area contributed by atoms with Crippen molar-refractivity contribution in [1.29, 1.82) is 0 Å². The van der Waals surface area contributed by atoms with Crippen molar-refractivity contribution >= 4 is 0 Å². The van der Waals surface area contributed by atoms with Gasteiger partial charge in [0.15, 0.2) is 0 Å². The molecule has 0 unspecified atom stereocenters. The molecule has 0 bridgehead atoms. The molecule has 2 aromatic rings. The smallest absolute Gasteiger partial charge is 0.0352 e. The Morgan fingerprint density at radius 1 is 1.05 bits per heavy atom. The molecule has 1 heteroatoms. The van der Waals surface area contributed by atoms with Crippen LogP contribution in [0.15, 0.2) is 54.6 Å². The highest BCUT2D eigenvalue weighted by molar-refractivity contribution is 5.26. The fourth-order valence-corrected chi connectivity index (χ4v) is 3.09. The second-order valence-electron chi connectivity index (χ2n) is 5.53. The number of benzene rings is 2. The van der Waals surface area contributed by atoms with E-state index in [4.69, 9.17) is 0 Å². The molecule has 0 aromatic heterocycles. The molecule has 98 valence electrons. The maximum Gasteiger partial charge on any atom is 0.0352 e. The minimum Gasteiger partial charge on any atom is -0.292 e. The lowest BCUT2D eigenvalue weighted by atomic mass is 10.0. The Bertz CT molecular complexity index is 532. The van der Waals surface area contributed by atoms with Crippen molar-refractivity contribution in [2.75, 3.05) is 6.54 Å². The first-order valence-electron chi connectivity index (χ1n) is 7.17. The van der Waals surface area contributed by atoms with E-state index >= 15 is 0 Å². The van der Waals surface area contributed by atoms with Crippen LogP contribution in [0.25, 0.3) is 0 Å². The third kappa shape index (κ3) is 2.87. The van der Waals surface area contributed by atoms with Crippen LogP contribution in [0, 0.1) is 6.92 Å². The SMILES string of the molecule is Cc1cccc([C@@H]2CCCN2Cc2ccccc2)c1. The van der Waals surface area contributed by atoms with Gasteiger partial charge >= 0.3 is 0 Å². The summed E-state index contributed by atoms with van der Waals surface area (Å²) in [4.78, 5) is 2.62. The Morgan fingerprint density at radius 3 is 2.68 bits per heavy atom. The first-order valence-corrected chi connectivity index (χ1v) is 7.17. The average molecular weight is 251 g/mol. The minimum absolute atomic E-state index is 0.597. The molecule has 0 spiro atoms. The van der Waals surface area contributed by atoms with Gasteiger partial charge in [-0.1, -0.05) is 60.2 Å². The van der Waals surface area contributed by atoms with E-state index in [1.165, 1.54) is 36.1 Å². The van der Waals surface area contributed by atoms with Gasteiger partial charge in [-0.15, -0.1) is 0 Å². The van der Waals surface area contributed by atoms with Gasteiger partial charge in [-0.2, -0.15) is 0 Å². The normalized spacial score (nSPS) is 19.7. The van der Waals surface area contributed by atoms with Gasteiger partial charge in [-0.05, 0) is 37.4 Å². The van der Waals surface area contributed by atoms with Crippen molar-refractivity contribution in [3.63, 3.8) is 0 Å². The second kappa shape index (κ2) is 5.58. The molecular formula is C18H21N. The highest BCUT2D eigenvalue weighted by atomic mass is 15.2. The third-order valence-electron chi connectivity index (χ3n) is 4.02. The van der Waals surface area contributed by atoms with Crippen LogP contribution in [-0.4, -0.2) is 11.4 Å². The van der Waals surface area contributed by atoms with Gasteiger partial charge in [0.1, 0.15) is 0 Å². The molecule has 0 amide bonds. The zero-order valence-electron chi connectivity index (χ0n) is 11.5. The molecule has 1 heterocycles. The quantitative estimate of drug-likeness (QED) is 0.784. The van der Waals surface area contributed by atoms with Crippen LogP contribution >= 0.6 is 0 Å². The highest BCUT2D eigenvalue weighted by Crippen LogP contribution is 2.33. The van der Waals surface area contributed by atoms with E-state index in [0.717, 1.165) is 6.54 Å². The number of hydrogen-bond acceptors (Lipinski definition) is 1. The maximum absolute atomic E-state index is 2.62. The summed E-state index contributed by atoms with van der Waals surface area (Å²) < 4.78 is 0. The van der Waals surface area contributed by atoms with Crippen molar-refractivity contribution < 1.29 is 0 Å². The van der Waals surface area contributed by atoms with Crippen molar-refractivity contribution in [2.45, 2.75) is 32.4 Å². The topological polar surface area (TPSA) is 3.24 Å². The standard InChI is InChI=1S/C18H21N/c1-15-7-5-10-17(13-15)18-11-6-12-19(18)14-16-8-3-2-4-9-16/h2-5,7-10,13,18H,6,11-12,14H2,1H3/t18-/m0/s1. The Kier molecular flexibility index (Phi) is 3.65. The molecule has 3 rings (SSSR count). The molecule has 1 aliphatic rings. The van der Waals surface area contributed by atoms with Crippen molar-refractivity contribution in [3.8, 4) is 0 Å².